The van der Waals surface area contributed by atoms with Crippen LogP contribution in [0.25, 0.3) is 0 Å². The maximum atomic E-state index is 13.8. The third kappa shape index (κ3) is 6.25. The van der Waals surface area contributed by atoms with Crippen molar-refractivity contribution >= 4 is 21.6 Å². The number of sulfonamides is 1. The molecule has 37 heavy (non-hydrogen) atoms. The molecule has 0 N–H and O–H groups in total. The van der Waals surface area contributed by atoms with Gasteiger partial charge in [0.15, 0.2) is 11.5 Å². The third-order valence-electron chi connectivity index (χ3n) is 6.88. The number of hydrogen-bond acceptors (Lipinski definition) is 5. The minimum absolute atomic E-state index is 0.127. The molecule has 3 aromatic rings. The summed E-state index contributed by atoms with van der Waals surface area (Å²) in [5, 5.41) is 0. The van der Waals surface area contributed by atoms with E-state index < -0.39 is 10.0 Å². The van der Waals surface area contributed by atoms with Crippen molar-refractivity contribution in [2.24, 2.45) is 5.92 Å². The molecule has 0 spiro atoms. The molecule has 1 fully saturated rings. The third-order valence-corrected chi connectivity index (χ3v) is 8.67. The summed E-state index contributed by atoms with van der Waals surface area (Å²) in [4.78, 5) is 15.3. The second kappa shape index (κ2) is 11.7. The van der Waals surface area contributed by atoms with Crippen LogP contribution in [0.3, 0.4) is 0 Å². The summed E-state index contributed by atoms with van der Waals surface area (Å²) < 4.78 is 39.4. The Morgan fingerprint density at radius 1 is 0.919 bits per heavy atom. The van der Waals surface area contributed by atoms with Crippen LogP contribution in [0.2, 0.25) is 0 Å². The van der Waals surface area contributed by atoms with Gasteiger partial charge in [-0.2, -0.15) is 0 Å². The Labute approximate surface area is 219 Å². The first-order valence-electron chi connectivity index (χ1n) is 12.4. The summed E-state index contributed by atoms with van der Waals surface area (Å²) >= 11 is 0. The van der Waals surface area contributed by atoms with E-state index >= 15 is 0 Å². The number of ether oxygens (including phenoxy) is 2. The summed E-state index contributed by atoms with van der Waals surface area (Å²) in [6, 6.07) is 21.9. The number of aryl methyl sites for hydroxylation is 1. The van der Waals surface area contributed by atoms with Crippen molar-refractivity contribution < 1.29 is 22.7 Å². The largest absolute Gasteiger partial charge is 0.493 e. The van der Waals surface area contributed by atoms with Crippen LogP contribution in [0, 0.1) is 12.8 Å². The van der Waals surface area contributed by atoms with Gasteiger partial charge in [-0.05, 0) is 61.9 Å². The molecule has 0 bridgehead atoms. The highest BCUT2D eigenvalue weighted by Gasteiger charge is 2.31. The molecule has 0 aromatic heterocycles. The molecule has 0 atom stereocenters. The SMILES string of the molecule is COc1ccc(N(CC(=O)N2CCC(Cc3ccccc3)CC2)S(=O)(=O)c2ccc(C)cc2)cc1OC. The van der Waals surface area contributed by atoms with Crippen LogP contribution in [0.1, 0.15) is 24.0 Å². The first-order valence-corrected chi connectivity index (χ1v) is 13.9. The van der Waals surface area contributed by atoms with Crippen molar-refractivity contribution in [2.45, 2.75) is 31.1 Å². The zero-order valence-electron chi connectivity index (χ0n) is 21.6. The van der Waals surface area contributed by atoms with Crippen molar-refractivity contribution in [3.05, 3.63) is 83.9 Å². The van der Waals surface area contributed by atoms with Crippen molar-refractivity contribution in [3.63, 3.8) is 0 Å². The average Bonchev–Trinajstić information content (AvgIpc) is 2.92. The second-order valence-electron chi connectivity index (χ2n) is 9.38. The van der Waals surface area contributed by atoms with Gasteiger partial charge in [0.25, 0.3) is 10.0 Å². The summed E-state index contributed by atoms with van der Waals surface area (Å²) in [6.07, 6.45) is 2.77. The Balaban J connectivity index is 1.55. The molecule has 8 heteroatoms. The smallest absolute Gasteiger partial charge is 0.264 e. The van der Waals surface area contributed by atoms with Crippen LogP contribution in [-0.4, -0.2) is 53.1 Å². The van der Waals surface area contributed by atoms with E-state index in [-0.39, 0.29) is 17.3 Å². The Kier molecular flexibility index (Phi) is 8.38. The number of carbonyl (C=O) groups excluding carboxylic acids is 1. The van der Waals surface area contributed by atoms with Gasteiger partial charge in [0, 0.05) is 19.2 Å². The normalized spacial score (nSPS) is 14.3. The van der Waals surface area contributed by atoms with Gasteiger partial charge >= 0.3 is 0 Å². The van der Waals surface area contributed by atoms with Gasteiger partial charge in [0.05, 0.1) is 24.8 Å². The Morgan fingerprint density at radius 2 is 1.57 bits per heavy atom. The predicted octanol–water partition coefficient (Wildman–Crippen LogP) is 4.69. The number of amides is 1. The maximum Gasteiger partial charge on any atom is 0.264 e. The number of methoxy groups -OCH3 is 2. The molecule has 196 valence electrons. The van der Waals surface area contributed by atoms with Crippen molar-refractivity contribution in [3.8, 4) is 11.5 Å². The lowest BCUT2D eigenvalue weighted by molar-refractivity contribution is -0.130. The molecule has 7 nitrogen and oxygen atoms in total. The fourth-order valence-corrected chi connectivity index (χ4v) is 6.10. The highest BCUT2D eigenvalue weighted by Crippen LogP contribution is 2.34. The molecule has 4 rings (SSSR count). The number of anilines is 1. The minimum Gasteiger partial charge on any atom is -0.493 e. The lowest BCUT2D eigenvalue weighted by atomic mass is 9.90. The van der Waals surface area contributed by atoms with Gasteiger partial charge in [-0.3, -0.25) is 9.10 Å². The van der Waals surface area contributed by atoms with Crippen molar-refractivity contribution in [1.82, 2.24) is 4.90 Å². The van der Waals surface area contributed by atoms with Crippen LogP contribution >= 0.6 is 0 Å². The molecule has 1 saturated heterocycles. The lowest BCUT2D eigenvalue weighted by Gasteiger charge is -2.34. The lowest BCUT2D eigenvalue weighted by Crippen LogP contribution is -2.46. The molecule has 0 unspecified atom stereocenters. The first-order chi connectivity index (χ1) is 17.8. The maximum absolute atomic E-state index is 13.8. The quantitative estimate of drug-likeness (QED) is 0.408. The molecule has 1 aliphatic heterocycles. The Bertz CT molecular complexity index is 1300. The number of carbonyl (C=O) groups is 1. The first kappa shape index (κ1) is 26.5. The van der Waals surface area contributed by atoms with E-state index in [1.54, 1.807) is 47.4 Å². The number of rotatable bonds is 9. The molecule has 3 aromatic carbocycles. The molecule has 0 aliphatic carbocycles. The molecule has 1 amide bonds. The monoisotopic (exact) mass is 522 g/mol. The topological polar surface area (TPSA) is 76.2 Å². The molecular formula is C29H34N2O5S. The number of nitrogens with zero attached hydrogens (tertiary/aromatic N) is 2. The van der Waals surface area contributed by atoms with Crippen molar-refractivity contribution in [2.75, 3.05) is 38.2 Å². The summed E-state index contributed by atoms with van der Waals surface area (Å²) in [7, 11) is -1.00. The van der Waals surface area contributed by atoms with Crippen LogP contribution in [0.4, 0.5) is 5.69 Å². The van der Waals surface area contributed by atoms with Crippen LogP contribution in [0.5, 0.6) is 11.5 Å². The predicted molar refractivity (Wildman–Crippen MR) is 145 cm³/mol. The van der Waals surface area contributed by atoms with Gasteiger partial charge in [0.1, 0.15) is 6.54 Å². The molecular weight excluding hydrogens is 488 g/mol. The van der Waals surface area contributed by atoms with E-state index in [1.165, 1.54) is 19.8 Å². The van der Waals surface area contributed by atoms with Gasteiger partial charge in [-0.15, -0.1) is 0 Å². The molecule has 0 saturated carbocycles. The van der Waals surface area contributed by atoms with Gasteiger partial charge in [-0.1, -0.05) is 48.0 Å². The zero-order chi connectivity index (χ0) is 26.4. The van der Waals surface area contributed by atoms with E-state index in [9.17, 15) is 13.2 Å². The highest BCUT2D eigenvalue weighted by atomic mass is 32.2. The van der Waals surface area contributed by atoms with E-state index in [1.807, 2.05) is 25.1 Å². The summed E-state index contributed by atoms with van der Waals surface area (Å²) in [6.45, 7) is 2.82. The van der Waals surface area contributed by atoms with Crippen molar-refractivity contribution in [1.29, 1.82) is 0 Å². The van der Waals surface area contributed by atoms with E-state index in [4.69, 9.17) is 9.47 Å². The summed E-state index contributed by atoms with van der Waals surface area (Å²) in [5.41, 5.74) is 2.59. The van der Waals surface area contributed by atoms with Crippen LogP contribution in [-0.2, 0) is 21.2 Å². The van der Waals surface area contributed by atoms with Gasteiger partial charge < -0.3 is 14.4 Å². The summed E-state index contributed by atoms with van der Waals surface area (Å²) in [5.74, 6) is 1.15. The number of benzene rings is 3. The fourth-order valence-electron chi connectivity index (χ4n) is 4.69. The van der Waals surface area contributed by atoms with Crippen LogP contribution < -0.4 is 13.8 Å². The number of likely N-dealkylation sites (tertiary alicyclic amines) is 1. The number of hydrogen-bond donors (Lipinski definition) is 0. The standard InChI is InChI=1S/C29H34N2O5S/c1-22-9-12-26(13-10-22)37(33,34)31(25-11-14-27(35-2)28(20-25)36-3)21-29(32)30-17-15-24(16-18-30)19-23-7-5-4-6-8-23/h4-14,20,24H,15-19,21H2,1-3H3. The Hall–Kier alpha value is -3.52. The molecule has 1 aliphatic rings. The highest BCUT2D eigenvalue weighted by molar-refractivity contribution is 7.92. The van der Waals surface area contributed by atoms with E-state index in [2.05, 4.69) is 12.1 Å². The fraction of sp³-hybridized carbons (Fsp3) is 0.345. The number of piperidine rings is 1. The van der Waals surface area contributed by atoms with Gasteiger partial charge in [-0.25, -0.2) is 8.42 Å². The second-order valence-corrected chi connectivity index (χ2v) is 11.2. The molecule has 1 heterocycles. The zero-order valence-corrected chi connectivity index (χ0v) is 22.4. The van der Waals surface area contributed by atoms with E-state index in [0.29, 0.717) is 36.2 Å². The Morgan fingerprint density at radius 3 is 2.19 bits per heavy atom. The van der Waals surface area contributed by atoms with E-state index in [0.717, 1.165) is 29.1 Å². The minimum atomic E-state index is -4.01. The van der Waals surface area contributed by atoms with Crippen LogP contribution in [0.15, 0.2) is 77.7 Å². The van der Waals surface area contributed by atoms with Gasteiger partial charge in [0.2, 0.25) is 5.91 Å². The molecule has 0 radical (unpaired) electrons. The average molecular weight is 523 g/mol.